The van der Waals surface area contributed by atoms with Gasteiger partial charge in [0.2, 0.25) is 0 Å². The van der Waals surface area contributed by atoms with Crippen molar-refractivity contribution in [1.82, 2.24) is 0 Å². The Morgan fingerprint density at radius 2 is 1.93 bits per heavy atom. The number of aryl methyl sites for hydroxylation is 1. The molecule has 0 fully saturated rings. The van der Waals surface area contributed by atoms with Crippen molar-refractivity contribution in [3.63, 3.8) is 0 Å². The van der Waals surface area contributed by atoms with Crippen molar-refractivity contribution in [3.05, 3.63) is 81.8 Å². The van der Waals surface area contributed by atoms with Crippen LogP contribution in [-0.4, -0.2) is 17.9 Å². The maximum atomic E-state index is 12.4. The summed E-state index contributed by atoms with van der Waals surface area (Å²) in [7, 11) is 1.56. The van der Waals surface area contributed by atoms with Crippen LogP contribution in [0.3, 0.4) is 0 Å². The van der Waals surface area contributed by atoms with Crippen LogP contribution in [-0.2, 0) is 6.61 Å². The predicted octanol–water partition coefficient (Wildman–Crippen LogP) is 4.34. The van der Waals surface area contributed by atoms with E-state index >= 15 is 0 Å². The van der Waals surface area contributed by atoms with Crippen LogP contribution in [0.2, 0.25) is 0 Å². The lowest BCUT2D eigenvalue weighted by molar-refractivity contribution is -0.384. The first-order valence-electron chi connectivity index (χ1n) is 8.38. The van der Waals surface area contributed by atoms with Crippen molar-refractivity contribution in [2.75, 3.05) is 12.4 Å². The van der Waals surface area contributed by atoms with Crippen molar-refractivity contribution < 1.29 is 23.6 Å². The molecule has 0 saturated carbocycles. The van der Waals surface area contributed by atoms with Crippen LogP contribution in [0.1, 0.15) is 21.9 Å². The first-order chi connectivity index (χ1) is 13.5. The van der Waals surface area contributed by atoms with Gasteiger partial charge in [0, 0.05) is 12.1 Å². The molecule has 8 heteroatoms. The molecule has 3 aromatic rings. The van der Waals surface area contributed by atoms with E-state index in [1.165, 1.54) is 18.2 Å². The molecule has 0 unspecified atom stereocenters. The second-order valence-corrected chi connectivity index (χ2v) is 5.97. The number of nitro benzene ring substituents is 1. The number of nitrogens with zero attached hydrogens (tertiary/aromatic N) is 1. The van der Waals surface area contributed by atoms with Crippen LogP contribution in [0.5, 0.6) is 11.5 Å². The molecule has 0 radical (unpaired) electrons. The first-order valence-corrected chi connectivity index (χ1v) is 8.38. The molecular weight excluding hydrogens is 364 g/mol. The van der Waals surface area contributed by atoms with E-state index < -0.39 is 10.8 Å². The number of hydrogen-bond acceptors (Lipinski definition) is 6. The minimum absolute atomic E-state index is 0.0270. The highest BCUT2D eigenvalue weighted by molar-refractivity contribution is 6.03. The van der Waals surface area contributed by atoms with Gasteiger partial charge in [0.05, 0.1) is 12.0 Å². The Hall–Kier alpha value is -3.81. The molecule has 0 aliphatic rings. The number of nitrogens with one attached hydrogen (secondary N) is 1. The van der Waals surface area contributed by atoms with Gasteiger partial charge in [-0.05, 0) is 42.8 Å². The molecule has 0 saturated heterocycles. The van der Waals surface area contributed by atoms with Gasteiger partial charge in [-0.2, -0.15) is 0 Å². The Morgan fingerprint density at radius 1 is 1.14 bits per heavy atom. The lowest BCUT2D eigenvalue weighted by Crippen LogP contribution is -2.12. The Kier molecular flexibility index (Phi) is 5.59. The maximum Gasteiger partial charge on any atom is 0.293 e. The number of nitro groups is 1. The molecule has 1 N–H and O–H groups in total. The van der Waals surface area contributed by atoms with Crippen molar-refractivity contribution in [2.45, 2.75) is 13.5 Å². The van der Waals surface area contributed by atoms with Crippen LogP contribution < -0.4 is 14.8 Å². The SMILES string of the molecule is COc1cccc(OCc2ccc(C(=O)Nc3ccc(C)cc3[N+](=O)[O-])o2)c1. The monoisotopic (exact) mass is 382 g/mol. The van der Waals surface area contributed by atoms with E-state index in [9.17, 15) is 14.9 Å². The van der Waals surface area contributed by atoms with Gasteiger partial charge < -0.3 is 19.2 Å². The molecule has 144 valence electrons. The molecule has 0 atom stereocenters. The molecule has 28 heavy (non-hydrogen) atoms. The molecule has 1 aromatic heterocycles. The second kappa shape index (κ2) is 8.26. The average Bonchev–Trinajstić information content (AvgIpc) is 3.17. The highest BCUT2D eigenvalue weighted by Gasteiger charge is 2.19. The molecule has 2 aromatic carbocycles. The summed E-state index contributed by atoms with van der Waals surface area (Å²) in [4.78, 5) is 23.0. The smallest absolute Gasteiger partial charge is 0.293 e. The van der Waals surface area contributed by atoms with Gasteiger partial charge >= 0.3 is 0 Å². The highest BCUT2D eigenvalue weighted by atomic mass is 16.6. The third kappa shape index (κ3) is 4.47. The van der Waals surface area contributed by atoms with Crippen LogP contribution >= 0.6 is 0 Å². The normalized spacial score (nSPS) is 10.4. The van der Waals surface area contributed by atoms with E-state index in [0.717, 1.165) is 5.56 Å². The minimum Gasteiger partial charge on any atom is -0.497 e. The summed E-state index contributed by atoms with van der Waals surface area (Å²) in [6.45, 7) is 1.85. The lowest BCUT2D eigenvalue weighted by Gasteiger charge is -2.06. The zero-order valence-corrected chi connectivity index (χ0v) is 15.3. The van der Waals surface area contributed by atoms with Gasteiger partial charge in [0.15, 0.2) is 5.76 Å². The van der Waals surface area contributed by atoms with Crippen molar-refractivity contribution in [1.29, 1.82) is 0 Å². The summed E-state index contributed by atoms with van der Waals surface area (Å²) in [6, 6.07) is 14.8. The third-order valence-corrected chi connectivity index (χ3v) is 3.91. The number of carbonyl (C=O) groups is 1. The van der Waals surface area contributed by atoms with E-state index in [1.807, 2.05) is 0 Å². The van der Waals surface area contributed by atoms with Gasteiger partial charge in [-0.3, -0.25) is 14.9 Å². The minimum atomic E-state index is -0.584. The molecule has 1 amide bonds. The summed E-state index contributed by atoms with van der Waals surface area (Å²) in [5.74, 6) is 1.14. The van der Waals surface area contributed by atoms with Gasteiger partial charge in [0.1, 0.15) is 29.6 Å². The van der Waals surface area contributed by atoms with Crippen molar-refractivity contribution in [3.8, 4) is 11.5 Å². The molecule has 8 nitrogen and oxygen atoms in total. The molecule has 0 aliphatic carbocycles. The maximum absolute atomic E-state index is 12.4. The summed E-state index contributed by atoms with van der Waals surface area (Å²) < 4.78 is 16.2. The van der Waals surface area contributed by atoms with Crippen LogP contribution in [0, 0.1) is 17.0 Å². The first kappa shape index (κ1) is 19.0. The molecule has 0 aliphatic heterocycles. The van der Waals surface area contributed by atoms with E-state index in [0.29, 0.717) is 17.3 Å². The number of rotatable bonds is 7. The summed E-state index contributed by atoms with van der Waals surface area (Å²) in [5, 5.41) is 13.7. The van der Waals surface area contributed by atoms with Gasteiger partial charge in [-0.15, -0.1) is 0 Å². The zero-order chi connectivity index (χ0) is 20.1. The van der Waals surface area contributed by atoms with Gasteiger partial charge in [0.25, 0.3) is 11.6 Å². The number of hydrogen-bond donors (Lipinski definition) is 1. The summed E-state index contributed by atoms with van der Waals surface area (Å²) in [6.07, 6.45) is 0. The average molecular weight is 382 g/mol. The standard InChI is InChI=1S/C20H18N2O6/c1-13-6-8-17(18(10-13)22(24)25)21-20(23)19-9-7-16(28-19)12-27-15-5-3-4-14(11-15)26-2/h3-11H,12H2,1-2H3,(H,21,23). The number of anilines is 1. The fraction of sp³-hybridized carbons (Fsp3) is 0.150. The Balaban J connectivity index is 1.66. The molecule has 1 heterocycles. The Morgan fingerprint density at radius 3 is 2.68 bits per heavy atom. The molecular formula is C20H18N2O6. The fourth-order valence-corrected chi connectivity index (χ4v) is 2.51. The number of benzene rings is 2. The number of ether oxygens (including phenoxy) is 2. The van der Waals surface area contributed by atoms with E-state index in [-0.39, 0.29) is 23.7 Å². The molecule has 0 spiro atoms. The Labute approximate surface area is 160 Å². The lowest BCUT2D eigenvalue weighted by atomic mass is 10.2. The largest absolute Gasteiger partial charge is 0.497 e. The van der Waals surface area contributed by atoms with Gasteiger partial charge in [-0.1, -0.05) is 12.1 Å². The summed E-state index contributed by atoms with van der Waals surface area (Å²) in [5.41, 5.74) is 0.646. The number of furan rings is 1. The van der Waals surface area contributed by atoms with Crippen molar-refractivity contribution in [2.24, 2.45) is 0 Å². The van der Waals surface area contributed by atoms with Gasteiger partial charge in [-0.25, -0.2) is 0 Å². The topological polar surface area (TPSA) is 104 Å². The second-order valence-electron chi connectivity index (χ2n) is 5.97. The quantitative estimate of drug-likeness (QED) is 0.482. The number of amides is 1. The van der Waals surface area contributed by atoms with E-state index in [4.69, 9.17) is 13.9 Å². The van der Waals surface area contributed by atoms with Crippen LogP contribution in [0.15, 0.2) is 59.0 Å². The van der Waals surface area contributed by atoms with Crippen LogP contribution in [0.4, 0.5) is 11.4 Å². The fourth-order valence-electron chi connectivity index (χ4n) is 2.51. The molecule has 3 rings (SSSR count). The third-order valence-electron chi connectivity index (χ3n) is 3.91. The zero-order valence-electron chi connectivity index (χ0n) is 15.3. The Bertz CT molecular complexity index is 1010. The van der Waals surface area contributed by atoms with Crippen molar-refractivity contribution >= 4 is 17.3 Å². The number of methoxy groups -OCH3 is 1. The van der Waals surface area contributed by atoms with Crippen LogP contribution in [0.25, 0.3) is 0 Å². The summed E-state index contributed by atoms with van der Waals surface area (Å²) >= 11 is 0. The van der Waals surface area contributed by atoms with E-state index in [1.54, 1.807) is 50.4 Å². The highest BCUT2D eigenvalue weighted by Crippen LogP contribution is 2.26. The molecule has 0 bridgehead atoms. The van der Waals surface area contributed by atoms with E-state index in [2.05, 4.69) is 5.32 Å². The predicted molar refractivity (Wildman–Crippen MR) is 102 cm³/mol. The number of carbonyl (C=O) groups excluding carboxylic acids is 1.